The Morgan fingerprint density at radius 2 is 1.70 bits per heavy atom. The molecule has 2 amide bonds. The molecule has 0 unspecified atom stereocenters. The maximum Gasteiger partial charge on any atom is 0.255 e. The van der Waals surface area contributed by atoms with Crippen LogP contribution in [0.25, 0.3) is 10.9 Å². The van der Waals surface area contributed by atoms with E-state index in [9.17, 15) is 9.59 Å². The van der Waals surface area contributed by atoms with E-state index in [4.69, 9.17) is 0 Å². The molecule has 1 aromatic heterocycles. The minimum atomic E-state index is -0.189. The van der Waals surface area contributed by atoms with E-state index in [1.807, 2.05) is 25.1 Å². The summed E-state index contributed by atoms with van der Waals surface area (Å²) in [6, 6.07) is 14.6. The zero-order chi connectivity index (χ0) is 16.4. The highest BCUT2D eigenvalue weighted by molar-refractivity contribution is 6.06. The first kappa shape index (κ1) is 14.8. The average molecular weight is 307 g/mol. The minimum Gasteiger partial charge on any atom is -0.359 e. The van der Waals surface area contributed by atoms with Crippen molar-refractivity contribution in [2.75, 3.05) is 10.6 Å². The molecular weight excluding hydrogens is 290 g/mol. The van der Waals surface area contributed by atoms with Gasteiger partial charge in [0.15, 0.2) is 0 Å². The van der Waals surface area contributed by atoms with Crippen molar-refractivity contribution in [2.45, 2.75) is 13.8 Å². The molecule has 1 heterocycles. The number of H-pyrrole nitrogens is 1. The number of carbonyl (C=O) groups excluding carboxylic acids is 2. The van der Waals surface area contributed by atoms with Gasteiger partial charge >= 0.3 is 0 Å². The zero-order valence-electron chi connectivity index (χ0n) is 12.9. The molecule has 0 aliphatic rings. The van der Waals surface area contributed by atoms with Crippen molar-refractivity contribution in [3.05, 3.63) is 59.8 Å². The summed E-state index contributed by atoms with van der Waals surface area (Å²) in [5, 5.41) is 6.54. The third-order valence-corrected chi connectivity index (χ3v) is 3.46. The maximum absolute atomic E-state index is 12.4. The molecule has 2 aromatic carbocycles. The van der Waals surface area contributed by atoms with Crippen molar-refractivity contribution in [1.29, 1.82) is 0 Å². The van der Waals surface area contributed by atoms with Gasteiger partial charge in [0.05, 0.1) is 0 Å². The monoisotopic (exact) mass is 307 g/mol. The van der Waals surface area contributed by atoms with Gasteiger partial charge in [0.25, 0.3) is 5.91 Å². The number of aromatic nitrogens is 1. The topological polar surface area (TPSA) is 74.0 Å². The molecule has 0 saturated carbocycles. The summed E-state index contributed by atoms with van der Waals surface area (Å²) in [4.78, 5) is 26.7. The smallest absolute Gasteiger partial charge is 0.255 e. The fraction of sp³-hybridized carbons (Fsp3) is 0.111. The van der Waals surface area contributed by atoms with Crippen LogP contribution in [0.2, 0.25) is 0 Å². The molecule has 0 saturated heterocycles. The highest BCUT2D eigenvalue weighted by Gasteiger charge is 2.08. The van der Waals surface area contributed by atoms with Crippen LogP contribution in [0.5, 0.6) is 0 Å². The Labute approximate surface area is 133 Å². The van der Waals surface area contributed by atoms with Crippen molar-refractivity contribution in [3.63, 3.8) is 0 Å². The van der Waals surface area contributed by atoms with Gasteiger partial charge in [0.2, 0.25) is 5.91 Å². The van der Waals surface area contributed by atoms with Crippen LogP contribution in [0.3, 0.4) is 0 Å². The van der Waals surface area contributed by atoms with E-state index < -0.39 is 0 Å². The first-order valence-electron chi connectivity index (χ1n) is 7.29. The lowest BCUT2D eigenvalue weighted by atomic mass is 10.1. The number of nitrogens with one attached hydrogen (secondary N) is 3. The van der Waals surface area contributed by atoms with Gasteiger partial charge in [-0.25, -0.2) is 0 Å². The molecule has 3 N–H and O–H groups in total. The fourth-order valence-electron chi connectivity index (χ4n) is 2.50. The summed E-state index contributed by atoms with van der Waals surface area (Å²) >= 11 is 0. The molecule has 0 radical (unpaired) electrons. The normalized spacial score (nSPS) is 10.5. The van der Waals surface area contributed by atoms with Crippen LogP contribution in [0, 0.1) is 6.92 Å². The Bertz CT molecular complexity index is 896. The molecule has 3 rings (SSSR count). The lowest BCUT2D eigenvalue weighted by Gasteiger charge is -2.08. The number of hydrogen-bond acceptors (Lipinski definition) is 2. The second kappa shape index (κ2) is 5.96. The second-order valence-electron chi connectivity index (χ2n) is 5.47. The van der Waals surface area contributed by atoms with Gasteiger partial charge in [-0.15, -0.1) is 0 Å². The zero-order valence-corrected chi connectivity index (χ0v) is 12.9. The molecule has 0 bridgehead atoms. The van der Waals surface area contributed by atoms with Crippen molar-refractivity contribution >= 4 is 34.1 Å². The van der Waals surface area contributed by atoms with Crippen LogP contribution < -0.4 is 10.6 Å². The van der Waals surface area contributed by atoms with Crippen LogP contribution in [-0.4, -0.2) is 16.8 Å². The molecule has 0 aliphatic heterocycles. The summed E-state index contributed by atoms with van der Waals surface area (Å²) in [5.41, 5.74) is 3.92. The summed E-state index contributed by atoms with van der Waals surface area (Å²) < 4.78 is 0. The number of rotatable bonds is 3. The molecule has 0 spiro atoms. The van der Waals surface area contributed by atoms with E-state index in [1.54, 1.807) is 30.3 Å². The first-order valence-corrected chi connectivity index (χ1v) is 7.29. The molecule has 116 valence electrons. The number of fused-ring (bicyclic) bond motifs is 1. The van der Waals surface area contributed by atoms with Gasteiger partial charge in [0, 0.05) is 40.5 Å². The molecule has 0 fully saturated rings. The highest BCUT2D eigenvalue weighted by atomic mass is 16.2. The fourth-order valence-corrected chi connectivity index (χ4v) is 2.50. The van der Waals surface area contributed by atoms with Gasteiger partial charge in [-0.2, -0.15) is 0 Å². The van der Waals surface area contributed by atoms with Crippen LogP contribution in [-0.2, 0) is 4.79 Å². The molecule has 5 nitrogen and oxygen atoms in total. The largest absolute Gasteiger partial charge is 0.359 e. The van der Waals surface area contributed by atoms with Crippen LogP contribution >= 0.6 is 0 Å². The van der Waals surface area contributed by atoms with E-state index in [-0.39, 0.29) is 11.8 Å². The molecular formula is C18H17N3O2. The Kier molecular flexibility index (Phi) is 3.85. The maximum atomic E-state index is 12.4. The standard InChI is InChI=1S/C18H17N3O2/c1-11-8-14-9-13(6-7-17(14)19-11)18(23)21-16-5-3-4-15(10-16)20-12(2)22/h3-10,19H,1-2H3,(H,20,22)(H,21,23). The number of aromatic amines is 1. The summed E-state index contributed by atoms with van der Waals surface area (Å²) in [6.07, 6.45) is 0. The van der Waals surface area contributed by atoms with Crippen molar-refractivity contribution < 1.29 is 9.59 Å². The Balaban J connectivity index is 1.81. The van der Waals surface area contributed by atoms with E-state index in [1.165, 1.54) is 6.92 Å². The second-order valence-corrected chi connectivity index (χ2v) is 5.47. The molecule has 0 aliphatic carbocycles. The average Bonchev–Trinajstić information content (AvgIpc) is 2.85. The predicted octanol–water partition coefficient (Wildman–Crippen LogP) is 3.69. The number of anilines is 2. The lowest BCUT2D eigenvalue weighted by Crippen LogP contribution is -2.12. The van der Waals surface area contributed by atoms with Crippen LogP contribution in [0.15, 0.2) is 48.5 Å². The van der Waals surface area contributed by atoms with Gasteiger partial charge in [-0.05, 0) is 49.4 Å². The number of hydrogen-bond donors (Lipinski definition) is 3. The SMILES string of the molecule is CC(=O)Nc1cccc(NC(=O)c2ccc3[nH]c(C)cc3c2)c1. The van der Waals surface area contributed by atoms with Crippen molar-refractivity contribution in [3.8, 4) is 0 Å². The third-order valence-electron chi connectivity index (χ3n) is 3.46. The minimum absolute atomic E-state index is 0.151. The highest BCUT2D eigenvalue weighted by Crippen LogP contribution is 2.19. The number of amides is 2. The third kappa shape index (κ3) is 3.40. The van der Waals surface area contributed by atoms with Gasteiger partial charge in [0.1, 0.15) is 0 Å². The van der Waals surface area contributed by atoms with Crippen LogP contribution in [0.1, 0.15) is 23.0 Å². The van der Waals surface area contributed by atoms with E-state index >= 15 is 0 Å². The Hall–Kier alpha value is -3.08. The van der Waals surface area contributed by atoms with E-state index in [2.05, 4.69) is 15.6 Å². The predicted molar refractivity (Wildman–Crippen MR) is 91.7 cm³/mol. The Morgan fingerprint density at radius 1 is 0.957 bits per heavy atom. The van der Waals surface area contributed by atoms with Gasteiger partial charge in [-0.3, -0.25) is 9.59 Å². The molecule has 3 aromatic rings. The summed E-state index contributed by atoms with van der Waals surface area (Å²) in [6.45, 7) is 3.42. The number of benzene rings is 2. The lowest BCUT2D eigenvalue weighted by molar-refractivity contribution is -0.114. The van der Waals surface area contributed by atoms with Gasteiger partial charge in [-0.1, -0.05) is 6.07 Å². The van der Waals surface area contributed by atoms with Crippen molar-refractivity contribution in [2.24, 2.45) is 0 Å². The van der Waals surface area contributed by atoms with Crippen LogP contribution in [0.4, 0.5) is 11.4 Å². The summed E-state index contributed by atoms with van der Waals surface area (Å²) in [5.74, 6) is -0.340. The first-order chi connectivity index (χ1) is 11.0. The van der Waals surface area contributed by atoms with Gasteiger partial charge < -0.3 is 15.6 Å². The molecule has 5 heteroatoms. The molecule has 0 atom stereocenters. The molecule has 23 heavy (non-hydrogen) atoms. The van der Waals surface area contributed by atoms with Crippen molar-refractivity contribution in [1.82, 2.24) is 4.98 Å². The quantitative estimate of drug-likeness (QED) is 0.690. The number of carbonyl (C=O) groups is 2. The van der Waals surface area contributed by atoms with E-state index in [0.717, 1.165) is 16.6 Å². The number of aryl methyl sites for hydroxylation is 1. The Morgan fingerprint density at radius 3 is 2.43 bits per heavy atom. The van der Waals surface area contributed by atoms with E-state index in [0.29, 0.717) is 16.9 Å². The summed E-state index contributed by atoms with van der Waals surface area (Å²) in [7, 11) is 0.